The molecule has 0 aromatic carbocycles. The lowest BCUT2D eigenvalue weighted by Gasteiger charge is -2.32. The van der Waals surface area contributed by atoms with Crippen LogP contribution >= 0.6 is 0 Å². The van der Waals surface area contributed by atoms with Crippen LogP contribution in [-0.4, -0.2) is 49.1 Å². The van der Waals surface area contributed by atoms with Crippen molar-refractivity contribution in [2.75, 3.05) is 13.7 Å². The highest BCUT2D eigenvalue weighted by atomic mass is 16.5. The molecule has 1 fully saturated rings. The molecule has 1 heterocycles. The normalized spacial score (nSPS) is 21.7. The average Bonchev–Trinajstić information content (AvgIpc) is 3.03. The number of likely N-dealkylation sites (tertiary alicyclic amines) is 1. The molecule has 5 heteroatoms. The van der Waals surface area contributed by atoms with E-state index >= 15 is 0 Å². The highest BCUT2D eigenvalue weighted by Crippen LogP contribution is 2.25. The molecule has 5 nitrogen and oxygen atoms in total. The second-order valence-electron chi connectivity index (χ2n) is 6.34. The third kappa shape index (κ3) is 5.34. The van der Waals surface area contributed by atoms with Gasteiger partial charge in [0, 0.05) is 19.7 Å². The summed E-state index contributed by atoms with van der Waals surface area (Å²) in [5, 5.41) is 3.03. The zero-order valence-corrected chi connectivity index (χ0v) is 15.0. The predicted octanol–water partition coefficient (Wildman–Crippen LogP) is 2.45. The minimum Gasteiger partial charge on any atom is -0.378 e. The SMILES string of the molecule is C=C/C=C(\C=C)C[C@@H](C)NC(=O)[C@H](C)C(OC)[C@@H]1CCCN1C=O. The second-order valence-corrected chi connectivity index (χ2v) is 6.34. The molecule has 1 N–H and O–H groups in total. The summed E-state index contributed by atoms with van der Waals surface area (Å²) in [5.41, 5.74) is 1.02. The lowest BCUT2D eigenvalue weighted by Crippen LogP contribution is -2.49. The van der Waals surface area contributed by atoms with Crippen LogP contribution in [0.15, 0.2) is 37.0 Å². The Balaban J connectivity index is 2.67. The molecule has 0 aromatic heterocycles. The summed E-state index contributed by atoms with van der Waals surface area (Å²) >= 11 is 0. The summed E-state index contributed by atoms with van der Waals surface area (Å²) in [7, 11) is 1.60. The number of rotatable bonds is 10. The first-order chi connectivity index (χ1) is 11.5. The van der Waals surface area contributed by atoms with Gasteiger partial charge in [0.2, 0.25) is 12.3 Å². The van der Waals surface area contributed by atoms with Gasteiger partial charge in [0.25, 0.3) is 0 Å². The number of nitrogens with zero attached hydrogens (tertiary/aromatic N) is 1. The first kappa shape index (κ1) is 20.2. The van der Waals surface area contributed by atoms with Crippen LogP contribution in [0.5, 0.6) is 0 Å². The number of carbonyl (C=O) groups excluding carboxylic acids is 2. The summed E-state index contributed by atoms with van der Waals surface area (Å²) in [6.45, 7) is 12.0. The third-order valence-electron chi connectivity index (χ3n) is 4.56. The lowest BCUT2D eigenvalue weighted by atomic mass is 9.94. The molecule has 1 aliphatic rings. The van der Waals surface area contributed by atoms with Gasteiger partial charge in [0.05, 0.1) is 18.1 Å². The van der Waals surface area contributed by atoms with Gasteiger partial charge in [-0.15, -0.1) is 0 Å². The minimum absolute atomic E-state index is 0.0209. The van der Waals surface area contributed by atoms with Gasteiger partial charge in [-0.3, -0.25) is 9.59 Å². The van der Waals surface area contributed by atoms with Gasteiger partial charge in [0.1, 0.15) is 0 Å². The Morgan fingerprint density at radius 3 is 2.67 bits per heavy atom. The fourth-order valence-electron chi connectivity index (χ4n) is 3.29. The minimum atomic E-state index is -0.335. The average molecular weight is 334 g/mol. The maximum atomic E-state index is 12.6. The van der Waals surface area contributed by atoms with E-state index in [4.69, 9.17) is 4.74 Å². The molecule has 4 atom stereocenters. The van der Waals surface area contributed by atoms with Crippen molar-refractivity contribution in [2.24, 2.45) is 5.92 Å². The van der Waals surface area contributed by atoms with Crippen LogP contribution in [0.25, 0.3) is 0 Å². The lowest BCUT2D eigenvalue weighted by molar-refractivity contribution is -0.134. The Kier molecular flexibility index (Phi) is 8.47. The Labute approximate surface area is 145 Å². The van der Waals surface area contributed by atoms with Gasteiger partial charge in [-0.05, 0) is 31.8 Å². The van der Waals surface area contributed by atoms with E-state index in [1.54, 1.807) is 24.2 Å². The number of allylic oxidation sites excluding steroid dienone is 3. The third-order valence-corrected chi connectivity index (χ3v) is 4.56. The van der Waals surface area contributed by atoms with Crippen LogP contribution in [-0.2, 0) is 14.3 Å². The molecule has 134 valence electrons. The van der Waals surface area contributed by atoms with Gasteiger partial charge in [-0.2, -0.15) is 0 Å². The fraction of sp³-hybridized carbons (Fsp3) is 0.579. The summed E-state index contributed by atoms with van der Waals surface area (Å²) in [6, 6.07) is -0.0552. The van der Waals surface area contributed by atoms with Crippen LogP contribution in [0.4, 0.5) is 0 Å². The number of nitrogens with one attached hydrogen (secondary N) is 1. The maximum absolute atomic E-state index is 12.6. The number of hydrogen-bond acceptors (Lipinski definition) is 3. The molecule has 0 bridgehead atoms. The van der Waals surface area contributed by atoms with Crippen molar-refractivity contribution in [3.63, 3.8) is 0 Å². The van der Waals surface area contributed by atoms with Gasteiger partial charge >= 0.3 is 0 Å². The number of methoxy groups -OCH3 is 1. The second kappa shape index (κ2) is 10.1. The van der Waals surface area contributed by atoms with E-state index in [2.05, 4.69) is 18.5 Å². The van der Waals surface area contributed by atoms with Crippen LogP contribution in [0.3, 0.4) is 0 Å². The quantitative estimate of drug-likeness (QED) is 0.493. The molecule has 1 aliphatic heterocycles. The van der Waals surface area contributed by atoms with E-state index in [1.165, 1.54) is 0 Å². The molecular formula is C19H30N2O3. The standard InChI is InChI=1S/C19H30N2O3/c1-6-9-16(7-2)12-14(3)20-19(23)15(4)18(24-5)17-10-8-11-21(17)13-22/h6-7,9,13-15,17-18H,1-2,8,10-12H2,3-5H3,(H,20,23)/b16-9+/t14-,15-,17+,18?/m1/s1. The number of carbonyl (C=O) groups is 2. The molecule has 0 spiro atoms. The largest absolute Gasteiger partial charge is 0.378 e. The topological polar surface area (TPSA) is 58.6 Å². The zero-order chi connectivity index (χ0) is 18.1. The number of hydrogen-bond donors (Lipinski definition) is 1. The van der Waals surface area contributed by atoms with Gasteiger partial charge in [-0.1, -0.05) is 38.3 Å². The molecular weight excluding hydrogens is 304 g/mol. The predicted molar refractivity (Wildman–Crippen MR) is 96.5 cm³/mol. The molecule has 1 saturated heterocycles. The molecule has 0 aliphatic carbocycles. The molecule has 1 unspecified atom stereocenters. The zero-order valence-electron chi connectivity index (χ0n) is 15.0. The van der Waals surface area contributed by atoms with Gasteiger partial charge in [0.15, 0.2) is 0 Å². The monoisotopic (exact) mass is 334 g/mol. The molecule has 2 amide bonds. The van der Waals surface area contributed by atoms with Crippen LogP contribution in [0.2, 0.25) is 0 Å². The molecule has 0 aromatic rings. The van der Waals surface area contributed by atoms with E-state index in [0.29, 0.717) is 6.42 Å². The highest BCUT2D eigenvalue weighted by Gasteiger charge is 2.37. The van der Waals surface area contributed by atoms with Crippen molar-refractivity contribution < 1.29 is 14.3 Å². The van der Waals surface area contributed by atoms with Crippen molar-refractivity contribution in [1.29, 1.82) is 0 Å². The van der Waals surface area contributed by atoms with E-state index in [-0.39, 0.29) is 30.0 Å². The van der Waals surface area contributed by atoms with E-state index in [0.717, 1.165) is 31.4 Å². The smallest absolute Gasteiger partial charge is 0.225 e. The van der Waals surface area contributed by atoms with E-state index in [9.17, 15) is 9.59 Å². The Morgan fingerprint density at radius 2 is 2.12 bits per heavy atom. The van der Waals surface area contributed by atoms with Crippen LogP contribution in [0, 0.1) is 5.92 Å². The fourth-order valence-corrected chi connectivity index (χ4v) is 3.29. The van der Waals surface area contributed by atoms with Gasteiger partial charge < -0.3 is 15.0 Å². The Hall–Kier alpha value is -1.88. The first-order valence-corrected chi connectivity index (χ1v) is 8.46. The molecule has 0 radical (unpaired) electrons. The van der Waals surface area contributed by atoms with Crippen molar-refractivity contribution in [3.8, 4) is 0 Å². The highest BCUT2D eigenvalue weighted by molar-refractivity contribution is 5.79. The molecule has 1 rings (SSSR count). The molecule has 0 saturated carbocycles. The summed E-state index contributed by atoms with van der Waals surface area (Å²) in [5.74, 6) is -0.396. The van der Waals surface area contributed by atoms with Crippen LogP contribution in [0.1, 0.15) is 33.1 Å². The van der Waals surface area contributed by atoms with Crippen molar-refractivity contribution >= 4 is 12.3 Å². The van der Waals surface area contributed by atoms with Gasteiger partial charge in [-0.25, -0.2) is 0 Å². The summed E-state index contributed by atoms with van der Waals surface area (Å²) in [4.78, 5) is 25.5. The Morgan fingerprint density at radius 1 is 1.42 bits per heavy atom. The maximum Gasteiger partial charge on any atom is 0.225 e. The number of ether oxygens (including phenoxy) is 1. The van der Waals surface area contributed by atoms with Crippen molar-refractivity contribution in [3.05, 3.63) is 37.0 Å². The van der Waals surface area contributed by atoms with E-state index in [1.807, 2.05) is 19.9 Å². The number of amides is 2. The van der Waals surface area contributed by atoms with Crippen LogP contribution < -0.4 is 5.32 Å². The van der Waals surface area contributed by atoms with Crippen molar-refractivity contribution in [1.82, 2.24) is 10.2 Å². The summed E-state index contributed by atoms with van der Waals surface area (Å²) < 4.78 is 5.57. The molecule has 24 heavy (non-hydrogen) atoms. The van der Waals surface area contributed by atoms with Crippen molar-refractivity contribution in [2.45, 2.75) is 51.3 Å². The first-order valence-electron chi connectivity index (χ1n) is 8.46. The summed E-state index contributed by atoms with van der Waals surface area (Å²) in [6.07, 6.45) is 8.43. The Bertz CT molecular complexity index is 487. The van der Waals surface area contributed by atoms with E-state index < -0.39 is 0 Å².